The standard InChI is InChI=1S/C17H21FN4O/c18-15-6-4-14(5-7-15)17(8-2-1-3-9-17)11-20-16(23)10-22-13-19-12-21-22/h4-7,12-13H,1-3,8-11H2,(H,20,23). The average molecular weight is 316 g/mol. The molecule has 1 amide bonds. The van der Waals surface area contributed by atoms with Gasteiger partial charge in [0, 0.05) is 12.0 Å². The first-order valence-electron chi connectivity index (χ1n) is 8.03. The van der Waals surface area contributed by atoms with Crippen LogP contribution >= 0.6 is 0 Å². The van der Waals surface area contributed by atoms with Gasteiger partial charge >= 0.3 is 0 Å². The molecule has 1 aromatic carbocycles. The third kappa shape index (κ3) is 3.75. The monoisotopic (exact) mass is 316 g/mol. The lowest BCUT2D eigenvalue weighted by Crippen LogP contribution is -2.43. The van der Waals surface area contributed by atoms with Crippen LogP contribution in [0.3, 0.4) is 0 Å². The van der Waals surface area contributed by atoms with Crippen molar-refractivity contribution in [3.8, 4) is 0 Å². The molecule has 1 aromatic heterocycles. The molecule has 1 heterocycles. The third-order valence-corrected chi connectivity index (χ3v) is 4.66. The summed E-state index contributed by atoms with van der Waals surface area (Å²) in [4.78, 5) is 16.0. The van der Waals surface area contributed by atoms with Crippen molar-refractivity contribution in [1.82, 2.24) is 20.1 Å². The second-order valence-electron chi connectivity index (χ2n) is 6.22. The van der Waals surface area contributed by atoms with Gasteiger partial charge in [-0.05, 0) is 30.5 Å². The molecule has 0 saturated heterocycles. The smallest absolute Gasteiger partial charge is 0.241 e. The third-order valence-electron chi connectivity index (χ3n) is 4.66. The highest BCUT2D eigenvalue weighted by Gasteiger charge is 2.34. The summed E-state index contributed by atoms with van der Waals surface area (Å²) >= 11 is 0. The largest absolute Gasteiger partial charge is 0.354 e. The maximum absolute atomic E-state index is 13.2. The number of carbonyl (C=O) groups is 1. The number of amides is 1. The highest BCUT2D eigenvalue weighted by molar-refractivity contribution is 5.75. The SMILES string of the molecule is O=C(Cn1cncn1)NCC1(c2ccc(F)cc2)CCCCC1. The van der Waals surface area contributed by atoms with Crippen molar-refractivity contribution in [2.75, 3.05) is 6.54 Å². The molecular weight excluding hydrogens is 295 g/mol. The van der Waals surface area contributed by atoms with Gasteiger partial charge in [0.25, 0.3) is 0 Å². The van der Waals surface area contributed by atoms with Gasteiger partial charge in [-0.1, -0.05) is 31.4 Å². The van der Waals surface area contributed by atoms with Crippen LogP contribution in [0, 0.1) is 5.82 Å². The van der Waals surface area contributed by atoms with Crippen LogP contribution in [0.1, 0.15) is 37.7 Å². The van der Waals surface area contributed by atoms with Crippen molar-refractivity contribution < 1.29 is 9.18 Å². The Labute approximate surface area is 134 Å². The predicted octanol–water partition coefficient (Wildman–Crippen LogP) is 2.44. The molecule has 1 N–H and O–H groups in total. The average Bonchev–Trinajstić information content (AvgIpc) is 3.07. The van der Waals surface area contributed by atoms with E-state index in [1.165, 1.54) is 35.9 Å². The predicted molar refractivity (Wildman–Crippen MR) is 84.2 cm³/mol. The van der Waals surface area contributed by atoms with Gasteiger partial charge in [-0.25, -0.2) is 14.1 Å². The summed E-state index contributed by atoms with van der Waals surface area (Å²) in [6.07, 6.45) is 8.46. The number of carbonyl (C=O) groups excluding carboxylic acids is 1. The number of nitrogens with zero attached hydrogens (tertiary/aromatic N) is 3. The zero-order chi connectivity index (χ0) is 16.1. The molecule has 0 spiro atoms. The number of halogens is 1. The van der Waals surface area contributed by atoms with Crippen LogP contribution in [-0.2, 0) is 16.8 Å². The van der Waals surface area contributed by atoms with Crippen molar-refractivity contribution >= 4 is 5.91 Å². The lowest BCUT2D eigenvalue weighted by Gasteiger charge is -2.38. The molecule has 1 saturated carbocycles. The molecular formula is C17H21FN4O. The summed E-state index contributed by atoms with van der Waals surface area (Å²) in [5, 5.41) is 6.96. The molecule has 0 aliphatic heterocycles. The van der Waals surface area contributed by atoms with Gasteiger partial charge in [0.05, 0.1) is 0 Å². The molecule has 23 heavy (non-hydrogen) atoms. The number of rotatable bonds is 5. The summed E-state index contributed by atoms with van der Waals surface area (Å²) in [5.41, 5.74) is 1.02. The minimum Gasteiger partial charge on any atom is -0.354 e. The van der Waals surface area contributed by atoms with Crippen LogP contribution in [-0.4, -0.2) is 27.2 Å². The molecule has 122 valence electrons. The van der Waals surface area contributed by atoms with E-state index in [-0.39, 0.29) is 23.7 Å². The summed E-state index contributed by atoms with van der Waals surface area (Å²) in [5.74, 6) is -0.308. The number of nitrogens with one attached hydrogen (secondary N) is 1. The van der Waals surface area contributed by atoms with Crippen molar-refractivity contribution in [2.45, 2.75) is 44.1 Å². The maximum Gasteiger partial charge on any atom is 0.241 e. The number of hydrogen-bond donors (Lipinski definition) is 1. The van der Waals surface area contributed by atoms with Gasteiger partial charge in [0.15, 0.2) is 0 Å². The van der Waals surface area contributed by atoms with Gasteiger partial charge in [-0.2, -0.15) is 5.10 Å². The molecule has 0 atom stereocenters. The Hall–Kier alpha value is -2.24. The normalized spacial score (nSPS) is 16.9. The summed E-state index contributed by atoms with van der Waals surface area (Å²) in [6, 6.07) is 6.71. The summed E-state index contributed by atoms with van der Waals surface area (Å²) in [6.45, 7) is 0.742. The van der Waals surface area contributed by atoms with Crippen LogP contribution < -0.4 is 5.32 Å². The van der Waals surface area contributed by atoms with E-state index in [9.17, 15) is 9.18 Å². The zero-order valence-electron chi connectivity index (χ0n) is 13.0. The fourth-order valence-electron chi connectivity index (χ4n) is 3.38. The molecule has 1 aliphatic carbocycles. The Morgan fingerprint density at radius 1 is 1.22 bits per heavy atom. The Morgan fingerprint density at radius 2 is 1.96 bits per heavy atom. The van der Waals surface area contributed by atoms with Crippen molar-refractivity contribution in [3.05, 3.63) is 48.3 Å². The molecule has 3 rings (SSSR count). The quantitative estimate of drug-likeness (QED) is 0.921. The molecule has 0 unspecified atom stereocenters. The highest BCUT2D eigenvalue weighted by atomic mass is 19.1. The van der Waals surface area contributed by atoms with E-state index in [4.69, 9.17) is 0 Å². The van der Waals surface area contributed by atoms with Crippen LogP contribution in [0.2, 0.25) is 0 Å². The van der Waals surface area contributed by atoms with Gasteiger partial charge < -0.3 is 5.32 Å². The minimum absolute atomic E-state index is 0.0810. The molecule has 1 aliphatic rings. The van der Waals surface area contributed by atoms with Gasteiger partial charge in [0.2, 0.25) is 5.91 Å². The molecule has 0 radical (unpaired) electrons. The first-order chi connectivity index (χ1) is 11.2. The van der Waals surface area contributed by atoms with E-state index < -0.39 is 0 Å². The van der Waals surface area contributed by atoms with Gasteiger partial charge in [0.1, 0.15) is 25.0 Å². The number of benzene rings is 1. The number of aromatic nitrogens is 3. The molecule has 2 aromatic rings. The summed E-state index contributed by atoms with van der Waals surface area (Å²) in [7, 11) is 0. The van der Waals surface area contributed by atoms with Crippen molar-refractivity contribution in [3.63, 3.8) is 0 Å². The fraction of sp³-hybridized carbons (Fsp3) is 0.471. The lowest BCUT2D eigenvalue weighted by atomic mass is 9.69. The number of hydrogen-bond acceptors (Lipinski definition) is 3. The van der Waals surface area contributed by atoms with Crippen LogP contribution in [0.5, 0.6) is 0 Å². The van der Waals surface area contributed by atoms with E-state index in [2.05, 4.69) is 15.4 Å². The molecule has 6 heteroatoms. The maximum atomic E-state index is 13.2. The lowest BCUT2D eigenvalue weighted by molar-refractivity contribution is -0.122. The Balaban J connectivity index is 1.69. The highest BCUT2D eigenvalue weighted by Crippen LogP contribution is 2.39. The van der Waals surface area contributed by atoms with Crippen LogP contribution in [0.4, 0.5) is 4.39 Å². The first-order valence-corrected chi connectivity index (χ1v) is 8.03. The van der Waals surface area contributed by atoms with Crippen LogP contribution in [0.15, 0.2) is 36.9 Å². The van der Waals surface area contributed by atoms with Gasteiger partial charge in [-0.15, -0.1) is 0 Å². The van der Waals surface area contributed by atoms with Crippen molar-refractivity contribution in [2.24, 2.45) is 0 Å². The Kier molecular flexibility index (Phi) is 4.69. The Bertz CT molecular complexity index is 633. The van der Waals surface area contributed by atoms with E-state index >= 15 is 0 Å². The van der Waals surface area contributed by atoms with Crippen molar-refractivity contribution in [1.29, 1.82) is 0 Å². The second kappa shape index (κ2) is 6.89. The zero-order valence-corrected chi connectivity index (χ0v) is 13.0. The molecule has 5 nitrogen and oxygen atoms in total. The first kappa shape index (κ1) is 15.6. The molecule has 0 bridgehead atoms. The van der Waals surface area contributed by atoms with E-state index in [1.807, 2.05) is 12.1 Å². The van der Waals surface area contributed by atoms with E-state index in [0.717, 1.165) is 31.2 Å². The Morgan fingerprint density at radius 3 is 2.61 bits per heavy atom. The second-order valence-corrected chi connectivity index (χ2v) is 6.22. The topological polar surface area (TPSA) is 59.8 Å². The van der Waals surface area contributed by atoms with Crippen LogP contribution in [0.25, 0.3) is 0 Å². The fourth-order valence-corrected chi connectivity index (χ4v) is 3.38. The minimum atomic E-state index is -0.227. The molecule has 1 fully saturated rings. The van der Waals surface area contributed by atoms with E-state index in [0.29, 0.717) is 6.54 Å². The summed E-state index contributed by atoms with van der Waals surface area (Å²) < 4.78 is 14.7. The van der Waals surface area contributed by atoms with Gasteiger partial charge in [-0.3, -0.25) is 4.79 Å². The van der Waals surface area contributed by atoms with E-state index in [1.54, 1.807) is 0 Å².